The molecule has 2 nitrogen and oxygen atoms in total. The van der Waals surface area contributed by atoms with Crippen molar-refractivity contribution in [3.05, 3.63) is 0 Å². The summed E-state index contributed by atoms with van der Waals surface area (Å²) in [7, 11) is 0. The number of hydrogen-bond acceptors (Lipinski definition) is 2. The second kappa shape index (κ2) is 6.91. The first-order valence-electron chi connectivity index (χ1n) is 7.97. The summed E-state index contributed by atoms with van der Waals surface area (Å²) in [4.78, 5) is 2.78. The van der Waals surface area contributed by atoms with Crippen LogP contribution in [0.4, 0.5) is 0 Å². The lowest BCUT2D eigenvalue weighted by atomic mass is 9.84. The molecule has 2 heteroatoms. The summed E-state index contributed by atoms with van der Waals surface area (Å²) in [5.41, 5.74) is 0.397. The van der Waals surface area contributed by atoms with E-state index in [1.54, 1.807) is 0 Å². The molecule has 1 aliphatic heterocycles. The third kappa shape index (κ3) is 3.48. The van der Waals surface area contributed by atoms with E-state index in [-0.39, 0.29) is 0 Å². The molecule has 0 aromatic carbocycles. The molecule has 0 aromatic rings. The van der Waals surface area contributed by atoms with Gasteiger partial charge in [0.15, 0.2) is 0 Å². The number of nitrogens with one attached hydrogen (secondary N) is 1. The Balaban J connectivity index is 2.78. The van der Waals surface area contributed by atoms with Gasteiger partial charge in [-0.15, -0.1) is 0 Å². The molecule has 1 aliphatic rings. The Labute approximate surface area is 115 Å². The Morgan fingerprint density at radius 3 is 2.22 bits per heavy atom. The van der Waals surface area contributed by atoms with Crippen LogP contribution in [0, 0.1) is 11.8 Å². The van der Waals surface area contributed by atoms with Crippen LogP contribution >= 0.6 is 0 Å². The molecule has 108 valence electrons. The maximum Gasteiger partial charge on any atom is 0.0329 e. The van der Waals surface area contributed by atoms with Gasteiger partial charge in [-0.1, -0.05) is 48.0 Å². The molecule has 2 atom stereocenters. The van der Waals surface area contributed by atoms with Crippen molar-refractivity contribution in [1.29, 1.82) is 0 Å². The summed E-state index contributed by atoms with van der Waals surface area (Å²) in [6.07, 6.45) is 3.80. The molecule has 1 rings (SSSR count). The molecule has 1 heterocycles. The predicted molar refractivity (Wildman–Crippen MR) is 81.0 cm³/mol. The van der Waals surface area contributed by atoms with Crippen LogP contribution in [0.3, 0.4) is 0 Å². The topological polar surface area (TPSA) is 15.3 Å². The van der Waals surface area contributed by atoms with Crippen LogP contribution < -0.4 is 5.32 Å². The fourth-order valence-corrected chi connectivity index (χ4v) is 3.25. The number of hydrogen-bond donors (Lipinski definition) is 1. The Kier molecular flexibility index (Phi) is 6.13. The van der Waals surface area contributed by atoms with Crippen LogP contribution in [0.1, 0.15) is 60.8 Å². The minimum Gasteiger partial charge on any atom is -0.311 e. The Morgan fingerprint density at radius 1 is 1.17 bits per heavy atom. The highest BCUT2D eigenvalue weighted by atomic mass is 15.3. The zero-order valence-corrected chi connectivity index (χ0v) is 13.4. The highest BCUT2D eigenvalue weighted by Crippen LogP contribution is 2.29. The average Bonchev–Trinajstić information content (AvgIpc) is 2.37. The fraction of sp³-hybridized carbons (Fsp3) is 1.00. The monoisotopic (exact) mass is 254 g/mol. The molecule has 0 radical (unpaired) electrons. The standard InChI is InChI=1S/C16H34N2/c1-7-14(6)15-11-18(10-13(4)5)16(8-2,9-3)12-17-15/h13-15,17H,7-12H2,1-6H3. The van der Waals surface area contributed by atoms with E-state index in [0.29, 0.717) is 11.6 Å². The highest BCUT2D eigenvalue weighted by Gasteiger charge is 2.39. The molecule has 0 aliphatic carbocycles. The van der Waals surface area contributed by atoms with Crippen LogP contribution in [0.25, 0.3) is 0 Å². The largest absolute Gasteiger partial charge is 0.311 e. The Hall–Kier alpha value is -0.0800. The quantitative estimate of drug-likeness (QED) is 0.780. The summed E-state index contributed by atoms with van der Waals surface area (Å²) in [6.45, 7) is 17.7. The van der Waals surface area contributed by atoms with Gasteiger partial charge >= 0.3 is 0 Å². The van der Waals surface area contributed by atoms with Crippen molar-refractivity contribution in [3.8, 4) is 0 Å². The van der Waals surface area contributed by atoms with E-state index in [4.69, 9.17) is 0 Å². The van der Waals surface area contributed by atoms with Gasteiger partial charge in [0, 0.05) is 31.2 Å². The maximum absolute atomic E-state index is 3.82. The first-order chi connectivity index (χ1) is 8.49. The molecule has 18 heavy (non-hydrogen) atoms. The first kappa shape index (κ1) is 16.0. The number of piperazine rings is 1. The van der Waals surface area contributed by atoms with E-state index in [1.807, 2.05) is 0 Å². The van der Waals surface area contributed by atoms with Gasteiger partial charge < -0.3 is 5.32 Å². The molecule has 1 fully saturated rings. The van der Waals surface area contributed by atoms with Crippen molar-refractivity contribution in [1.82, 2.24) is 10.2 Å². The molecule has 2 unspecified atom stereocenters. The molecule has 0 bridgehead atoms. The minimum absolute atomic E-state index is 0.397. The summed E-state index contributed by atoms with van der Waals surface area (Å²) in [6, 6.07) is 0.681. The molecular weight excluding hydrogens is 220 g/mol. The zero-order valence-electron chi connectivity index (χ0n) is 13.4. The first-order valence-corrected chi connectivity index (χ1v) is 7.97. The number of rotatable bonds is 6. The summed E-state index contributed by atoms with van der Waals surface area (Å²) >= 11 is 0. The van der Waals surface area contributed by atoms with E-state index in [2.05, 4.69) is 51.8 Å². The SMILES string of the molecule is CCC(C)C1CN(CC(C)C)C(CC)(CC)CN1. The zero-order chi connectivity index (χ0) is 13.8. The average molecular weight is 254 g/mol. The van der Waals surface area contributed by atoms with Gasteiger partial charge in [0.2, 0.25) is 0 Å². The lowest BCUT2D eigenvalue weighted by Crippen LogP contribution is -2.65. The third-order valence-electron chi connectivity index (χ3n) is 5.01. The van der Waals surface area contributed by atoms with Crippen molar-refractivity contribution in [2.24, 2.45) is 11.8 Å². The highest BCUT2D eigenvalue weighted by molar-refractivity contribution is 4.98. The van der Waals surface area contributed by atoms with Gasteiger partial charge in [-0.25, -0.2) is 0 Å². The second-order valence-corrected chi connectivity index (χ2v) is 6.60. The molecule has 0 spiro atoms. The minimum atomic E-state index is 0.397. The molecule has 0 aromatic heterocycles. The van der Waals surface area contributed by atoms with E-state index in [0.717, 1.165) is 11.8 Å². The van der Waals surface area contributed by atoms with Crippen molar-refractivity contribution in [3.63, 3.8) is 0 Å². The van der Waals surface area contributed by atoms with Gasteiger partial charge in [0.05, 0.1) is 0 Å². The smallest absolute Gasteiger partial charge is 0.0329 e. The van der Waals surface area contributed by atoms with Crippen molar-refractivity contribution in [2.75, 3.05) is 19.6 Å². The van der Waals surface area contributed by atoms with Crippen LogP contribution in [0.15, 0.2) is 0 Å². The normalized spacial score (nSPS) is 26.5. The fourth-order valence-electron chi connectivity index (χ4n) is 3.25. The van der Waals surface area contributed by atoms with Gasteiger partial charge in [0.1, 0.15) is 0 Å². The van der Waals surface area contributed by atoms with Crippen molar-refractivity contribution in [2.45, 2.75) is 72.4 Å². The second-order valence-electron chi connectivity index (χ2n) is 6.60. The van der Waals surface area contributed by atoms with E-state index in [1.165, 1.54) is 38.9 Å². The van der Waals surface area contributed by atoms with Crippen LogP contribution in [-0.4, -0.2) is 36.1 Å². The van der Waals surface area contributed by atoms with Gasteiger partial charge in [-0.3, -0.25) is 4.90 Å². The lowest BCUT2D eigenvalue weighted by Gasteiger charge is -2.51. The molecular formula is C16H34N2. The van der Waals surface area contributed by atoms with Crippen LogP contribution in [-0.2, 0) is 0 Å². The molecule has 1 saturated heterocycles. The van der Waals surface area contributed by atoms with Crippen LogP contribution in [0.2, 0.25) is 0 Å². The lowest BCUT2D eigenvalue weighted by molar-refractivity contribution is 0.0118. The third-order valence-corrected chi connectivity index (χ3v) is 5.01. The predicted octanol–water partition coefficient (Wildman–Crippen LogP) is 3.52. The van der Waals surface area contributed by atoms with Gasteiger partial charge in [0.25, 0.3) is 0 Å². The molecule has 0 saturated carbocycles. The number of nitrogens with zero attached hydrogens (tertiary/aromatic N) is 1. The Bertz CT molecular complexity index is 233. The van der Waals surface area contributed by atoms with Crippen LogP contribution in [0.5, 0.6) is 0 Å². The molecule has 1 N–H and O–H groups in total. The summed E-state index contributed by atoms with van der Waals surface area (Å²) in [5.74, 6) is 1.55. The van der Waals surface area contributed by atoms with Gasteiger partial charge in [-0.2, -0.15) is 0 Å². The van der Waals surface area contributed by atoms with E-state index in [9.17, 15) is 0 Å². The molecule has 0 amide bonds. The van der Waals surface area contributed by atoms with Crippen molar-refractivity contribution >= 4 is 0 Å². The maximum atomic E-state index is 3.82. The summed E-state index contributed by atoms with van der Waals surface area (Å²) in [5, 5.41) is 3.82. The summed E-state index contributed by atoms with van der Waals surface area (Å²) < 4.78 is 0. The van der Waals surface area contributed by atoms with E-state index < -0.39 is 0 Å². The Morgan fingerprint density at radius 2 is 1.78 bits per heavy atom. The van der Waals surface area contributed by atoms with E-state index >= 15 is 0 Å². The van der Waals surface area contributed by atoms with Gasteiger partial charge in [-0.05, 0) is 24.7 Å². The van der Waals surface area contributed by atoms with Crippen molar-refractivity contribution < 1.29 is 0 Å².